The average Bonchev–Trinajstić information content (AvgIpc) is 3.18. The Labute approximate surface area is 165 Å². The van der Waals surface area contributed by atoms with Gasteiger partial charge in [0.25, 0.3) is 5.91 Å². The Kier molecular flexibility index (Phi) is 6.53. The number of hydrogen-bond donors (Lipinski definition) is 1. The molecule has 1 aromatic heterocycles. The topological polar surface area (TPSA) is 76.5 Å². The van der Waals surface area contributed by atoms with Crippen molar-refractivity contribution in [1.29, 1.82) is 0 Å². The van der Waals surface area contributed by atoms with Gasteiger partial charge in [-0.15, -0.1) is 0 Å². The van der Waals surface area contributed by atoms with Gasteiger partial charge in [0.1, 0.15) is 0 Å². The zero-order chi connectivity index (χ0) is 20.9. The van der Waals surface area contributed by atoms with Gasteiger partial charge >= 0.3 is 6.18 Å². The predicted molar refractivity (Wildman–Crippen MR) is 97.5 cm³/mol. The van der Waals surface area contributed by atoms with Crippen LogP contribution < -0.4 is 5.32 Å². The Morgan fingerprint density at radius 3 is 2.48 bits per heavy atom. The van der Waals surface area contributed by atoms with Crippen LogP contribution in [-0.2, 0) is 15.7 Å². The highest BCUT2D eigenvalue weighted by Crippen LogP contribution is 2.31. The van der Waals surface area contributed by atoms with E-state index in [9.17, 15) is 22.8 Å². The highest BCUT2D eigenvalue weighted by molar-refractivity contribution is 5.95. The lowest BCUT2D eigenvalue weighted by Gasteiger charge is -2.26. The number of aromatic nitrogens is 2. The highest BCUT2D eigenvalue weighted by atomic mass is 19.4. The van der Waals surface area contributed by atoms with E-state index in [0.717, 1.165) is 10.9 Å². The molecule has 1 aliphatic rings. The first-order valence-corrected chi connectivity index (χ1v) is 9.22. The summed E-state index contributed by atoms with van der Waals surface area (Å²) in [4.78, 5) is 26.1. The first-order chi connectivity index (χ1) is 13.9. The van der Waals surface area contributed by atoms with Crippen LogP contribution in [0.1, 0.15) is 28.9 Å². The SMILES string of the molecule is O=C(NCCCC(=O)N1CCOCC1)c1cn(-c2ccccc2)nc1C(F)(F)F. The lowest BCUT2D eigenvalue weighted by Crippen LogP contribution is -2.40. The van der Waals surface area contributed by atoms with Crippen molar-refractivity contribution < 1.29 is 27.5 Å². The smallest absolute Gasteiger partial charge is 0.378 e. The van der Waals surface area contributed by atoms with Crippen molar-refractivity contribution in [2.75, 3.05) is 32.8 Å². The number of benzene rings is 1. The van der Waals surface area contributed by atoms with E-state index in [1.165, 1.54) is 0 Å². The van der Waals surface area contributed by atoms with Crippen LogP contribution in [0.2, 0.25) is 0 Å². The summed E-state index contributed by atoms with van der Waals surface area (Å²) in [6.07, 6.45) is -3.17. The molecular weight excluding hydrogens is 389 g/mol. The van der Waals surface area contributed by atoms with Crippen molar-refractivity contribution >= 4 is 11.8 Å². The molecule has 3 rings (SSSR count). The Morgan fingerprint density at radius 1 is 1.14 bits per heavy atom. The van der Waals surface area contributed by atoms with Gasteiger partial charge in [-0.05, 0) is 18.6 Å². The summed E-state index contributed by atoms with van der Waals surface area (Å²) in [5.41, 5.74) is -1.39. The lowest BCUT2D eigenvalue weighted by molar-refractivity contribution is -0.141. The van der Waals surface area contributed by atoms with Gasteiger partial charge in [0.05, 0.1) is 24.5 Å². The molecule has 156 valence electrons. The van der Waals surface area contributed by atoms with E-state index < -0.39 is 23.3 Å². The molecule has 1 aromatic carbocycles. The first kappa shape index (κ1) is 20.8. The summed E-state index contributed by atoms with van der Waals surface area (Å²) >= 11 is 0. The van der Waals surface area contributed by atoms with Gasteiger partial charge in [0, 0.05) is 32.3 Å². The fraction of sp³-hybridized carbons (Fsp3) is 0.421. The molecular formula is C19H21F3N4O3. The molecule has 0 radical (unpaired) electrons. The molecule has 0 aliphatic carbocycles. The number of morpholine rings is 1. The fourth-order valence-electron chi connectivity index (χ4n) is 2.97. The van der Waals surface area contributed by atoms with E-state index in [1.54, 1.807) is 35.2 Å². The number of rotatable bonds is 6. The number of halogens is 3. The quantitative estimate of drug-likeness (QED) is 0.742. The minimum atomic E-state index is -4.76. The number of carbonyl (C=O) groups is 2. The summed E-state index contributed by atoms with van der Waals surface area (Å²) in [6.45, 7) is 2.13. The van der Waals surface area contributed by atoms with Crippen LogP contribution in [0.4, 0.5) is 13.2 Å². The van der Waals surface area contributed by atoms with Crippen LogP contribution in [-0.4, -0.2) is 59.3 Å². The third-order valence-corrected chi connectivity index (χ3v) is 4.46. The Morgan fingerprint density at radius 2 is 1.83 bits per heavy atom. The highest BCUT2D eigenvalue weighted by Gasteiger charge is 2.39. The zero-order valence-electron chi connectivity index (χ0n) is 15.6. The number of nitrogens with zero attached hydrogens (tertiary/aromatic N) is 3. The van der Waals surface area contributed by atoms with Crippen molar-refractivity contribution in [3.05, 3.63) is 47.8 Å². The summed E-state index contributed by atoms with van der Waals surface area (Å²) in [6, 6.07) is 8.23. The van der Waals surface area contributed by atoms with Crippen molar-refractivity contribution in [2.24, 2.45) is 0 Å². The number of nitrogens with one attached hydrogen (secondary N) is 1. The van der Waals surface area contributed by atoms with Gasteiger partial charge in [-0.2, -0.15) is 18.3 Å². The lowest BCUT2D eigenvalue weighted by atomic mass is 10.2. The largest absolute Gasteiger partial charge is 0.435 e. The second-order valence-corrected chi connectivity index (χ2v) is 6.52. The number of amides is 2. The number of alkyl halides is 3. The minimum Gasteiger partial charge on any atom is -0.378 e. The van der Waals surface area contributed by atoms with E-state index >= 15 is 0 Å². The molecule has 7 nitrogen and oxygen atoms in total. The Balaban J connectivity index is 1.61. The molecule has 0 spiro atoms. The molecule has 1 saturated heterocycles. The average molecular weight is 410 g/mol. The maximum atomic E-state index is 13.3. The molecule has 29 heavy (non-hydrogen) atoms. The molecule has 0 bridgehead atoms. The summed E-state index contributed by atoms with van der Waals surface area (Å²) in [5.74, 6) is -0.936. The van der Waals surface area contributed by atoms with Crippen LogP contribution in [0, 0.1) is 0 Å². The second-order valence-electron chi connectivity index (χ2n) is 6.52. The van der Waals surface area contributed by atoms with Crippen LogP contribution in [0.3, 0.4) is 0 Å². The minimum absolute atomic E-state index is 0.0598. The molecule has 2 heterocycles. The third kappa shape index (κ3) is 5.35. The Hall–Kier alpha value is -2.88. The second kappa shape index (κ2) is 9.08. The van der Waals surface area contributed by atoms with Crippen LogP contribution in [0.15, 0.2) is 36.5 Å². The molecule has 2 amide bonds. The van der Waals surface area contributed by atoms with Crippen LogP contribution in [0.5, 0.6) is 0 Å². The molecule has 0 atom stereocenters. The van der Waals surface area contributed by atoms with Crippen LogP contribution >= 0.6 is 0 Å². The molecule has 2 aromatic rings. The number of carbonyl (C=O) groups excluding carboxylic acids is 2. The number of ether oxygens (including phenoxy) is 1. The summed E-state index contributed by atoms with van der Waals surface area (Å²) < 4.78 is 46.2. The normalized spacial score (nSPS) is 14.7. The maximum absolute atomic E-state index is 13.3. The predicted octanol–water partition coefficient (Wildman–Crippen LogP) is 2.26. The molecule has 1 N–H and O–H groups in total. The number of para-hydroxylation sites is 1. The van der Waals surface area contributed by atoms with E-state index in [4.69, 9.17) is 4.74 Å². The fourth-order valence-corrected chi connectivity index (χ4v) is 2.97. The molecule has 10 heteroatoms. The molecule has 1 fully saturated rings. The molecule has 1 aliphatic heterocycles. The van der Waals surface area contributed by atoms with E-state index in [0.29, 0.717) is 38.4 Å². The van der Waals surface area contributed by atoms with Gasteiger partial charge in [0.15, 0.2) is 5.69 Å². The molecule has 0 saturated carbocycles. The van der Waals surface area contributed by atoms with Crippen molar-refractivity contribution in [3.8, 4) is 5.69 Å². The maximum Gasteiger partial charge on any atom is 0.435 e. The monoisotopic (exact) mass is 410 g/mol. The first-order valence-electron chi connectivity index (χ1n) is 9.22. The van der Waals surface area contributed by atoms with E-state index in [2.05, 4.69) is 10.4 Å². The summed E-state index contributed by atoms with van der Waals surface area (Å²) in [5, 5.41) is 6.00. The van der Waals surface area contributed by atoms with Gasteiger partial charge in [0.2, 0.25) is 5.91 Å². The zero-order valence-corrected chi connectivity index (χ0v) is 15.6. The van der Waals surface area contributed by atoms with Crippen LogP contribution in [0.25, 0.3) is 5.69 Å². The van der Waals surface area contributed by atoms with E-state index in [-0.39, 0.29) is 18.9 Å². The van der Waals surface area contributed by atoms with Gasteiger partial charge in [-0.3, -0.25) is 9.59 Å². The third-order valence-electron chi connectivity index (χ3n) is 4.46. The Bertz CT molecular complexity index is 846. The van der Waals surface area contributed by atoms with Crippen molar-refractivity contribution in [3.63, 3.8) is 0 Å². The van der Waals surface area contributed by atoms with Crippen molar-refractivity contribution in [2.45, 2.75) is 19.0 Å². The van der Waals surface area contributed by atoms with E-state index in [1.807, 2.05) is 0 Å². The molecule has 0 unspecified atom stereocenters. The van der Waals surface area contributed by atoms with Crippen molar-refractivity contribution in [1.82, 2.24) is 20.0 Å². The van der Waals surface area contributed by atoms with Gasteiger partial charge in [-0.25, -0.2) is 4.68 Å². The summed E-state index contributed by atoms with van der Waals surface area (Å²) in [7, 11) is 0. The standard InChI is InChI=1S/C19H21F3N4O3/c20-19(21,22)17-15(13-26(24-17)14-5-2-1-3-6-14)18(28)23-8-4-7-16(27)25-9-11-29-12-10-25/h1-3,5-6,13H,4,7-12H2,(H,23,28). The van der Waals surface area contributed by atoms with Gasteiger partial charge in [-0.1, -0.05) is 18.2 Å². The van der Waals surface area contributed by atoms with Gasteiger partial charge < -0.3 is 15.0 Å². The number of hydrogen-bond acceptors (Lipinski definition) is 4.